The zero-order chi connectivity index (χ0) is 35.2. The first kappa shape index (κ1) is 37.2. The summed E-state index contributed by atoms with van der Waals surface area (Å²) in [5.41, 5.74) is 1.33. The Hall–Kier alpha value is -5.31. The maximum absolute atomic E-state index is 13.5. The highest BCUT2D eigenvalue weighted by Gasteiger charge is 2.52. The molecule has 2 aromatic carbocycles. The number of rotatable bonds is 14. The Labute approximate surface area is 276 Å². The molecule has 6 atom stereocenters. The van der Waals surface area contributed by atoms with Gasteiger partial charge in [-0.2, -0.15) is 0 Å². The first-order valence-electron chi connectivity index (χ1n) is 15.0. The Bertz CT molecular complexity index is 1450. The van der Waals surface area contributed by atoms with Crippen LogP contribution in [-0.4, -0.2) is 85.0 Å². The minimum Gasteiger partial charge on any atom is -0.463 e. The number of ether oxygens (including phenoxy) is 6. The van der Waals surface area contributed by atoms with Crippen LogP contribution in [0.5, 0.6) is 0 Å². The predicted octanol–water partition coefficient (Wildman–Crippen LogP) is 1.05. The quantitative estimate of drug-likeness (QED) is 0.214. The Morgan fingerprint density at radius 1 is 0.667 bits per heavy atom. The van der Waals surface area contributed by atoms with Crippen LogP contribution in [0.1, 0.15) is 45.2 Å². The van der Waals surface area contributed by atoms with Crippen LogP contribution >= 0.6 is 0 Å². The molecule has 15 nitrogen and oxygen atoms in total. The summed E-state index contributed by atoms with van der Waals surface area (Å²) in [6.07, 6.45) is -8.14. The topological polar surface area (TPSA) is 199 Å². The van der Waals surface area contributed by atoms with Gasteiger partial charge in [0.05, 0.1) is 12.8 Å². The van der Waals surface area contributed by atoms with E-state index in [9.17, 15) is 33.6 Å². The van der Waals surface area contributed by atoms with E-state index < -0.39 is 91.4 Å². The lowest BCUT2D eigenvalue weighted by molar-refractivity contribution is -0.257. The fraction of sp³-hybridized carbons (Fsp3) is 0.424. The van der Waals surface area contributed by atoms with Gasteiger partial charge in [0.2, 0.25) is 11.8 Å². The van der Waals surface area contributed by atoms with Crippen LogP contribution in [0.4, 0.5) is 0 Å². The van der Waals surface area contributed by atoms with E-state index in [1.54, 1.807) is 60.7 Å². The smallest absolute Gasteiger partial charge is 0.329 e. The zero-order valence-electron chi connectivity index (χ0n) is 26.9. The molecule has 258 valence electrons. The standard InChI is InChI=1S/C33H38N2O13/c1-19(36)43-18-26-29(45-20(2)37)30(46-21(3)38)31(47-22(4)39)32(48-26)35-28(41)16-25(33(42)44-17-24-13-9-6-10-14-24)34-27(40)15-23-11-7-5-8-12-23/h5-14,25-26,29-32H,15-18H2,1-4H3,(H,34,40)(H,35,41)/t25?,26-,29-,30+,31-,32-/m1/s1. The summed E-state index contributed by atoms with van der Waals surface area (Å²) in [4.78, 5) is 87.3. The summed E-state index contributed by atoms with van der Waals surface area (Å²) in [7, 11) is 0. The molecule has 1 unspecified atom stereocenters. The highest BCUT2D eigenvalue weighted by Crippen LogP contribution is 2.28. The summed E-state index contributed by atoms with van der Waals surface area (Å²) in [5.74, 6) is -5.60. The second-order valence-corrected chi connectivity index (χ2v) is 10.8. The van der Waals surface area contributed by atoms with E-state index in [0.717, 1.165) is 27.7 Å². The monoisotopic (exact) mass is 670 g/mol. The number of esters is 5. The average molecular weight is 671 g/mol. The van der Waals surface area contributed by atoms with Gasteiger partial charge >= 0.3 is 29.8 Å². The first-order chi connectivity index (χ1) is 22.8. The Kier molecular flexibility index (Phi) is 14.0. The van der Waals surface area contributed by atoms with Crippen LogP contribution < -0.4 is 10.6 Å². The highest BCUT2D eigenvalue weighted by atomic mass is 16.7. The minimum atomic E-state index is -1.57. The largest absolute Gasteiger partial charge is 0.463 e. The van der Waals surface area contributed by atoms with Crippen LogP contribution in [0, 0.1) is 0 Å². The molecule has 2 N–H and O–H groups in total. The third kappa shape index (κ3) is 12.1. The molecule has 1 heterocycles. The Morgan fingerprint density at radius 2 is 1.21 bits per heavy atom. The van der Waals surface area contributed by atoms with Crippen molar-refractivity contribution in [3.05, 3.63) is 71.8 Å². The third-order valence-electron chi connectivity index (χ3n) is 6.73. The second kappa shape index (κ2) is 18.1. The molecule has 0 aliphatic carbocycles. The van der Waals surface area contributed by atoms with Gasteiger partial charge in [-0.1, -0.05) is 60.7 Å². The molecular weight excluding hydrogens is 632 g/mol. The van der Waals surface area contributed by atoms with E-state index in [-0.39, 0.29) is 13.0 Å². The summed E-state index contributed by atoms with van der Waals surface area (Å²) in [5, 5.41) is 5.01. The fourth-order valence-electron chi connectivity index (χ4n) is 4.80. The molecule has 2 amide bonds. The van der Waals surface area contributed by atoms with Crippen molar-refractivity contribution in [2.75, 3.05) is 6.61 Å². The fourth-order valence-corrected chi connectivity index (χ4v) is 4.80. The number of nitrogens with one attached hydrogen (secondary N) is 2. The van der Waals surface area contributed by atoms with Gasteiger partial charge in [0, 0.05) is 27.7 Å². The molecule has 3 rings (SSSR count). The number of carbonyl (C=O) groups is 7. The maximum Gasteiger partial charge on any atom is 0.329 e. The molecule has 1 saturated heterocycles. The molecule has 0 spiro atoms. The van der Waals surface area contributed by atoms with E-state index in [1.807, 2.05) is 0 Å². The lowest BCUT2D eigenvalue weighted by Gasteiger charge is -2.44. The summed E-state index contributed by atoms with van der Waals surface area (Å²) in [6, 6.07) is 16.0. The van der Waals surface area contributed by atoms with Crippen molar-refractivity contribution in [3.63, 3.8) is 0 Å². The van der Waals surface area contributed by atoms with E-state index in [1.165, 1.54) is 0 Å². The van der Waals surface area contributed by atoms with E-state index in [0.29, 0.717) is 11.1 Å². The van der Waals surface area contributed by atoms with E-state index >= 15 is 0 Å². The molecule has 48 heavy (non-hydrogen) atoms. The minimum absolute atomic E-state index is 0.0926. The second-order valence-electron chi connectivity index (χ2n) is 10.8. The van der Waals surface area contributed by atoms with E-state index in [4.69, 9.17) is 28.4 Å². The number of carbonyl (C=O) groups excluding carboxylic acids is 7. The maximum atomic E-state index is 13.5. The van der Waals surface area contributed by atoms with Gasteiger partial charge in [-0.05, 0) is 11.1 Å². The van der Waals surface area contributed by atoms with Crippen LogP contribution in [-0.2, 0) is 75.0 Å². The van der Waals surface area contributed by atoms with Crippen LogP contribution in [0.15, 0.2) is 60.7 Å². The lowest BCUT2D eigenvalue weighted by atomic mass is 9.97. The molecule has 2 aromatic rings. The van der Waals surface area contributed by atoms with Crippen molar-refractivity contribution in [1.82, 2.24) is 10.6 Å². The predicted molar refractivity (Wildman–Crippen MR) is 163 cm³/mol. The Morgan fingerprint density at radius 3 is 1.77 bits per heavy atom. The molecule has 1 aliphatic rings. The molecule has 1 aliphatic heterocycles. The van der Waals surface area contributed by atoms with Crippen molar-refractivity contribution in [2.24, 2.45) is 0 Å². The third-order valence-corrected chi connectivity index (χ3v) is 6.73. The molecule has 0 aromatic heterocycles. The van der Waals surface area contributed by atoms with Crippen LogP contribution in [0.2, 0.25) is 0 Å². The van der Waals surface area contributed by atoms with Gasteiger partial charge in [0.15, 0.2) is 24.5 Å². The van der Waals surface area contributed by atoms with E-state index in [2.05, 4.69) is 10.6 Å². The van der Waals surface area contributed by atoms with Crippen LogP contribution in [0.3, 0.4) is 0 Å². The van der Waals surface area contributed by atoms with Crippen molar-refractivity contribution in [3.8, 4) is 0 Å². The summed E-state index contributed by atoms with van der Waals surface area (Å²) in [6.45, 7) is 3.67. The van der Waals surface area contributed by atoms with Crippen molar-refractivity contribution in [2.45, 2.75) is 83.8 Å². The van der Waals surface area contributed by atoms with Gasteiger partial charge in [0.1, 0.15) is 25.4 Å². The summed E-state index contributed by atoms with van der Waals surface area (Å²) >= 11 is 0. The van der Waals surface area contributed by atoms with Crippen molar-refractivity contribution >= 4 is 41.7 Å². The molecule has 0 bridgehead atoms. The Balaban J connectivity index is 1.86. The molecule has 0 radical (unpaired) electrons. The summed E-state index contributed by atoms with van der Waals surface area (Å²) < 4.78 is 32.4. The zero-order valence-corrected chi connectivity index (χ0v) is 26.9. The average Bonchev–Trinajstić information content (AvgIpc) is 3.01. The molecule has 1 fully saturated rings. The van der Waals surface area contributed by atoms with Crippen LogP contribution in [0.25, 0.3) is 0 Å². The number of amides is 2. The van der Waals surface area contributed by atoms with Gasteiger partial charge < -0.3 is 39.1 Å². The van der Waals surface area contributed by atoms with Gasteiger partial charge in [-0.25, -0.2) is 4.79 Å². The number of hydrogen-bond donors (Lipinski definition) is 2. The first-order valence-corrected chi connectivity index (χ1v) is 15.0. The number of hydrogen-bond acceptors (Lipinski definition) is 13. The van der Waals surface area contributed by atoms with Crippen molar-refractivity contribution < 1.29 is 62.0 Å². The van der Waals surface area contributed by atoms with Gasteiger partial charge in [-0.3, -0.25) is 28.8 Å². The van der Waals surface area contributed by atoms with Gasteiger partial charge in [-0.15, -0.1) is 0 Å². The van der Waals surface area contributed by atoms with Gasteiger partial charge in [0.25, 0.3) is 0 Å². The van der Waals surface area contributed by atoms with Crippen molar-refractivity contribution in [1.29, 1.82) is 0 Å². The normalized spacial score (nSPS) is 20.6. The number of benzene rings is 2. The SMILES string of the molecule is CC(=O)OC[C@H]1O[C@@H](NC(=O)CC(NC(=O)Cc2ccccc2)C(=O)OCc2ccccc2)[C@H](OC(C)=O)[C@@H](OC(C)=O)[C@@H]1OC(C)=O. The highest BCUT2D eigenvalue weighted by molar-refractivity contribution is 5.90. The molecule has 0 saturated carbocycles. The molecule has 15 heteroatoms. The lowest BCUT2D eigenvalue weighted by Crippen LogP contribution is -2.66. The molecular formula is C33H38N2O13.